The van der Waals surface area contributed by atoms with Crippen molar-refractivity contribution in [1.29, 1.82) is 0 Å². The van der Waals surface area contributed by atoms with E-state index in [0.717, 1.165) is 17.5 Å². The van der Waals surface area contributed by atoms with Gasteiger partial charge >= 0.3 is 0 Å². The first-order valence-electron chi connectivity index (χ1n) is 9.35. The number of aryl methyl sites for hydroxylation is 1. The molecule has 1 N–H and O–H groups in total. The van der Waals surface area contributed by atoms with Gasteiger partial charge in [0.25, 0.3) is 0 Å². The van der Waals surface area contributed by atoms with E-state index in [1.165, 1.54) is 11.8 Å². The van der Waals surface area contributed by atoms with Crippen LogP contribution in [0.2, 0.25) is 10.0 Å². The number of carbonyl (C=O) groups is 1. The topological polar surface area (TPSA) is 69.0 Å². The molecule has 2 aromatic carbocycles. The summed E-state index contributed by atoms with van der Waals surface area (Å²) in [6.45, 7) is 3.18. The fraction of sp³-hybridized carbons (Fsp3) is 0.286. The Balaban J connectivity index is 1.73. The highest BCUT2D eigenvalue weighted by Gasteiger charge is 2.17. The molecule has 0 bridgehead atoms. The third-order valence-corrected chi connectivity index (χ3v) is 6.05. The van der Waals surface area contributed by atoms with Crippen LogP contribution in [0.25, 0.3) is 11.4 Å². The van der Waals surface area contributed by atoms with E-state index in [1.807, 2.05) is 47.9 Å². The second kappa shape index (κ2) is 10.8. The molecule has 0 spiro atoms. The maximum atomic E-state index is 12.4. The number of amides is 1. The first-order valence-corrected chi connectivity index (χ1v) is 11.1. The molecule has 1 heterocycles. The highest BCUT2D eigenvalue weighted by molar-refractivity contribution is 7.99. The number of hydrogen-bond acceptors (Lipinski definition) is 5. The number of halogens is 2. The van der Waals surface area contributed by atoms with E-state index in [0.29, 0.717) is 39.9 Å². The van der Waals surface area contributed by atoms with Gasteiger partial charge in [-0.2, -0.15) is 0 Å². The minimum absolute atomic E-state index is 0.148. The lowest BCUT2D eigenvalue weighted by Crippen LogP contribution is -2.15. The fourth-order valence-corrected chi connectivity index (χ4v) is 3.97. The van der Waals surface area contributed by atoms with E-state index in [1.54, 1.807) is 13.2 Å². The lowest BCUT2D eigenvalue weighted by atomic mass is 10.2. The monoisotopic (exact) mass is 464 g/mol. The van der Waals surface area contributed by atoms with Crippen molar-refractivity contribution in [2.24, 2.45) is 0 Å². The molecule has 1 aromatic heterocycles. The van der Waals surface area contributed by atoms with Crippen molar-refractivity contribution in [3.63, 3.8) is 0 Å². The van der Waals surface area contributed by atoms with Crippen molar-refractivity contribution in [2.45, 2.75) is 25.0 Å². The van der Waals surface area contributed by atoms with Crippen LogP contribution in [0.3, 0.4) is 0 Å². The number of anilines is 1. The van der Waals surface area contributed by atoms with Crippen LogP contribution in [-0.2, 0) is 16.1 Å². The highest BCUT2D eigenvalue weighted by Crippen LogP contribution is 2.29. The average Bonchev–Trinajstić information content (AvgIpc) is 3.12. The number of thioether (sulfide) groups is 1. The van der Waals surface area contributed by atoms with Gasteiger partial charge in [-0.25, -0.2) is 0 Å². The molecular formula is C21H22Cl2N4O2S. The van der Waals surface area contributed by atoms with Crippen molar-refractivity contribution in [2.75, 3.05) is 24.8 Å². The Hall–Kier alpha value is -2.06. The molecule has 0 saturated carbocycles. The van der Waals surface area contributed by atoms with Gasteiger partial charge in [-0.3, -0.25) is 4.79 Å². The number of nitrogens with one attached hydrogen (secondary N) is 1. The van der Waals surface area contributed by atoms with E-state index in [9.17, 15) is 4.79 Å². The molecule has 0 aliphatic carbocycles. The summed E-state index contributed by atoms with van der Waals surface area (Å²) in [6, 6.07) is 12.9. The second-order valence-electron chi connectivity index (χ2n) is 6.58. The van der Waals surface area contributed by atoms with E-state index in [4.69, 9.17) is 27.9 Å². The number of ether oxygens (including phenoxy) is 1. The van der Waals surface area contributed by atoms with Crippen LogP contribution >= 0.6 is 35.0 Å². The van der Waals surface area contributed by atoms with E-state index < -0.39 is 0 Å². The van der Waals surface area contributed by atoms with Crippen LogP contribution in [0.4, 0.5) is 5.69 Å². The summed E-state index contributed by atoms with van der Waals surface area (Å²) >= 11 is 13.8. The molecule has 3 aromatic rings. The van der Waals surface area contributed by atoms with Crippen molar-refractivity contribution in [3.8, 4) is 11.4 Å². The zero-order chi connectivity index (χ0) is 21.5. The molecule has 0 radical (unpaired) electrons. The van der Waals surface area contributed by atoms with Gasteiger partial charge in [0.05, 0.1) is 10.8 Å². The molecule has 0 aliphatic heterocycles. The lowest BCUT2D eigenvalue weighted by molar-refractivity contribution is -0.113. The minimum Gasteiger partial charge on any atom is -0.385 e. The van der Waals surface area contributed by atoms with Gasteiger partial charge in [-0.05, 0) is 43.2 Å². The Morgan fingerprint density at radius 1 is 1.17 bits per heavy atom. The van der Waals surface area contributed by atoms with E-state index in [2.05, 4.69) is 15.5 Å². The van der Waals surface area contributed by atoms with Crippen molar-refractivity contribution in [3.05, 3.63) is 58.1 Å². The number of aromatic nitrogens is 3. The summed E-state index contributed by atoms with van der Waals surface area (Å²) < 4.78 is 7.14. The number of nitrogens with zero attached hydrogens (tertiary/aromatic N) is 3. The smallest absolute Gasteiger partial charge is 0.234 e. The van der Waals surface area contributed by atoms with Gasteiger partial charge in [-0.1, -0.05) is 53.2 Å². The number of rotatable bonds is 9. The Labute approximate surface area is 189 Å². The Morgan fingerprint density at radius 3 is 2.70 bits per heavy atom. The van der Waals surface area contributed by atoms with Crippen LogP contribution in [0.5, 0.6) is 0 Å². The van der Waals surface area contributed by atoms with Crippen LogP contribution in [-0.4, -0.2) is 40.1 Å². The third-order valence-electron chi connectivity index (χ3n) is 4.35. The fourth-order valence-electron chi connectivity index (χ4n) is 2.80. The molecule has 30 heavy (non-hydrogen) atoms. The predicted octanol–water partition coefficient (Wildman–Crippen LogP) is 5.33. The molecule has 0 unspecified atom stereocenters. The number of benzene rings is 2. The maximum Gasteiger partial charge on any atom is 0.234 e. The van der Waals surface area contributed by atoms with E-state index in [-0.39, 0.29) is 11.7 Å². The number of carbonyl (C=O) groups excluding carboxylic acids is 1. The molecule has 6 nitrogen and oxygen atoms in total. The van der Waals surface area contributed by atoms with Crippen molar-refractivity contribution in [1.82, 2.24) is 14.8 Å². The van der Waals surface area contributed by atoms with Crippen molar-refractivity contribution >= 4 is 46.6 Å². The maximum absolute atomic E-state index is 12.4. The first kappa shape index (κ1) is 22.6. The summed E-state index contributed by atoms with van der Waals surface area (Å²) in [7, 11) is 1.67. The van der Waals surface area contributed by atoms with Gasteiger partial charge < -0.3 is 14.6 Å². The molecule has 0 aliphatic rings. The van der Waals surface area contributed by atoms with Crippen LogP contribution in [0.1, 0.15) is 12.0 Å². The summed E-state index contributed by atoms with van der Waals surface area (Å²) in [5, 5.41) is 13.3. The van der Waals surface area contributed by atoms with Crippen LogP contribution < -0.4 is 5.32 Å². The summed E-state index contributed by atoms with van der Waals surface area (Å²) in [4.78, 5) is 12.4. The molecule has 3 rings (SSSR count). The molecular weight excluding hydrogens is 443 g/mol. The van der Waals surface area contributed by atoms with Gasteiger partial charge in [0.15, 0.2) is 11.0 Å². The highest BCUT2D eigenvalue weighted by atomic mass is 35.5. The average molecular weight is 465 g/mol. The van der Waals surface area contributed by atoms with Gasteiger partial charge in [0, 0.05) is 36.5 Å². The molecule has 0 saturated heterocycles. The largest absolute Gasteiger partial charge is 0.385 e. The summed E-state index contributed by atoms with van der Waals surface area (Å²) in [6.07, 6.45) is 0.785. The zero-order valence-electron chi connectivity index (χ0n) is 16.7. The van der Waals surface area contributed by atoms with Gasteiger partial charge in [0.1, 0.15) is 0 Å². The van der Waals surface area contributed by atoms with Gasteiger partial charge in [0.2, 0.25) is 5.91 Å². The van der Waals surface area contributed by atoms with Crippen molar-refractivity contribution < 1.29 is 9.53 Å². The molecule has 9 heteroatoms. The summed E-state index contributed by atoms with van der Waals surface area (Å²) in [5.41, 5.74) is 2.42. The lowest BCUT2D eigenvalue weighted by Gasteiger charge is -2.11. The Morgan fingerprint density at radius 2 is 1.97 bits per heavy atom. The van der Waals surface area contributed by atoms with E-state index >= 15 is 0 Å². The Bertz CT molecular complexity index is 1030. The SMILES string of the molecule is COCCCn1c(SCC(=O)Nc2ccc(C)c(Cl)c2)nnc1-c1ccccc1Cl. The second-order valence-corrected chi connectivity index (χ2v) is 8.34. The zero-order valence-corrected chi connectivity index (χ0v) is 19.0. The molecule has 0 fully saturated rings. The van der Waals surface area contributed by atoms with Crippen LogP contribution in [0, 0.1) is 6.92 Å². The quantitative estimate of drug-likeness (QED) is 0.342. The Kier molecular flexibility index (Phi) is 8.16. The number of methoxy groups -OCH3 is 1. The van der Waals surface area contributed by atoms with Gasteiger partial charge in [-0.15, -0.1) is 10.2 Å². The summed E-state index contributed by atoms with van der Waals surface area (Å²) in [5.74, 6) is 0.715. The predicted molar refractivity (Wildman–Crippen MR) is 123 cm³/mol. The third kappa shape index (κ3) is 5.76. The van der Waals surface area contributed by atoms with Crippen LogP contribution in [0.15, 0.2) is 47.6 Å². The molecule has 1 amide bonds. The molecule has 158 valence electrons. The number of hydrogen-bond donors (Lipinski definition) is 1. The minimum atomic E-state index is -0.148. The standard InChI is InChI=1S/C21H22Cl2N4O2S/c1-14-8-9-15(12-18(14)23)24-19(28)13-30-21-26-25-20(27(21)10-5-11-29-2)16-6-3-4-7-17(16)22/h3-4,6-9,12H,5,10-11,13H2,1-2H3,(H,24,28). The molecule has 0 atom stereocenters. The normalized spacial score (nSPS) is 10.9. The first-order chi connectivity index (χ1) is 14.5.